The number of halogens is 1. The van der Waals surface area contributed by atoms with E-state index in [0.717, 1.165) is 50.1 Å². The Balaban J connectivity index is 1.15. The zero-order valence-electron chi connectivity index (χ0n) is 24.2. The van der Waals surface area contributed by atoms with Crippen molar-refractivity contribution in [2.45, 2.75) is 23.7 Å². The van der Waals surface area contributed by atoms with Crippen LogP contribution in [0.15, 0.2) is 95.2 Å². The summed E-state index contributed by atoms with van der Waals surface area (Å²) < 4.78 is 26.0. The summed E-state index contributed by atoms with van der Waals surface area (Å²) in [5, 5.41) is 15.1. The molecule has 1 aliphatic rings. The van der Waals surface area contributed by atoms with E-state index in [-0.39, 0.29) is 16.7 Å². The summed E-state index contributed by atoms with van der Waals surface area (Å²) in [4.78, 5) is 18.9. The van der Waals surface area contributed by atoms with Gasteiger partial charge >= 0.3 is 0 Å². The second kappa shape index (κ2) is 12.1. The maximum atomic E-state index is 13.8. The lowest BCUT2D eigenvalue weighted by molar-refractivity contribution is 0.0705. The van der Waals surface area contributed by atoms with Gasteiger partial charge < -0.3 is 4.90 Å². The molecule has 1 amide bonds. The molecule has 12 heteroatoms. The number of nitrogens with zero attached hydrogens (tertiary/aromatic N) is 4. The second-order valence-corrected chi connectivity index (χ2v) is 15.4. The molecule has 0 unspecified atom stereocenters. The average Bonchev–Trinajstić information content (AvgIpc) is 3.87. The Hall–Kier alpha value is -4.03. The summed E-state index contributed by atoms with van der Waals surface area (Å²) in [5.74, 6) is 0.153. The smallest absolute Gasteiger partial charge is 0.274 e. The van der Waals surface area contributed by atoms with Crippen LogP contribution < -0.4 is 0 Å². The summed E-state index contributed by atoms with van der Waals surface area (Å²) in [7, 11) is -3.34. The molecular formula is C33H28ClN5O3S3. The minimum absolute atomic E-state index is 0.126. The Morgan fingerprint density at radius 2 is 1.73 bits per heavy atom. The number of H-pyrrole nitrogens is 1. The number of rotatable bonds is 7. The number of hydrogen-bond donors (Lipinski definition) is 1. The van der Waals surface area contributed by atoms with Crippen LogP contribution in [0.2, 0.25) is 5.02 Å². The number of aromatic nitrogens is 4. The number of nitrogens with one attached hydrogen (secondary N) is 1. The summed E-state index contributed by atoms with van der Waals surface area (Å²) in [5.41, 5.74) is 4.60. The largest absolute Gasteiger partial charge is 0.337 e. The van der Waals surface area contributed by atoms with E-state index in [4.69, 9.17) is 16.7 Å². The molecule has 0 saturated carbocycles. The predicted molar refractivity (Wildman–Crippen MR) is 180 cm³/mol. The maximum Gasteiger partial charge on any atom is 0.274 e. The molecule has 8 nitrogen and oxygen atoms in total. The molecule has 1 fully saturated rings. The molecule has 0 radical (unpaired) electrons. The number of para-hydroxylation sites is 1. The Morgan fingerprint density at radius 1 is 0.933 bits per heavy atom. The van der Waals surface area contributed by atoms with Gasteiger partial charge in [0.05, 0.1) is 42.4 Å². The van der Waals surface area contributed by atoms with Crippen LogP contribution in [-0.2, 0) is 9.84 Å². The van der Waals surface area contributed by atoms with Crippen molar-refractivity contribution in [1.29, 1.82) is 0 Å². The van der Waals surface area contributed by atoms with E-state index in [1.54, 1.807) is 40.3 Å². The Labute approximate surface area is 273 Å². The Morgan fingerprint density at radius 3 is 2.49 bits per heavy atom. The van der Waals surface area contributed by atoms with Crippen LogP contribution in [0.1, 0.15) is 34.9 Å². The first-order valence-electron chi connectivity index (χ1n) is 14.4. The van der Waals surface area contributed by atoms with Crippen LogP contribution >= 0.6 is 34.3 Å². The van der Waals surface area contributed by atoms with Gasteiger partial charge in [-0.15, -0.1) is 22.7 Å². The third kappa shape index (κ3) is 6.00. The molecule has 7 rings (SSSR count). The molecule has 45 heavy (non-hydrogen) atoms. The van der Waals surface area contributed by atoms with Crippen LogP contribution in [0.5, 0.6) is 0 Å². The summed E-state index contributed by atoms with van der Waals surface area (Å²) >= 11 is 9.79. The molecule has 1 saturated heterocycles. The predicted octanol–water partition coefficient (Wildman–Crippen LogP) is 7.80. The molecule has 228 valence electrons. The Bertz CT molecular complexity index is 2110. The molecular weight excluding hydrogens is 646 g/mol. The summed E-state index contributed by atoms with van der Waals surface area (Å²) in [6.07, 6.45) is 2.84. The van der Waals surface area contributed by atoms with Gasteiger partial charge in [-0.05, 0) is 78.4 Å². The van der Waals surface area contributed by atoms with Gasteiger partial charge in [-0.2, -0.15) is 10.2 Å². The van der Waals surface area contributed by atoms with Crippen LogP contribution in [0.4, 0.5) is 0 Å². The van der Waals surface area contributed by atoms with Crippen LogP contribution in [0.25, 0.3) is 37.3 Å². The van der Waals surface area contributed by atoms with Gasteiger partial charge in [0.1, 0.15) is 0 Å². The molecule has 0 atom stereocenters. The number of amides is 1. The number of carbonyl (C=O) groups is 1. The number of aromatic amines is 1. The van der Waals surface area contributed by atoms with Crippen molar-refractivity contribution in [2.24, 2.45) is 0 Å². The molecule has 0 aliphatic carbocycles. The average molecular weight is 674 g/mol. The first-order valence-corrected chi connectivity index (χ1v) is 18.4. The molecule has 0 bridgehead atoms. The fraction of sp³-hybridized carbons (Fsp3) is 0.182. The zero-order chi connectivity index (χ0) is 31.1. The molecule has 2 aromatic carbocycles. The van der Waals surface area contributed by atoms with Crippen molar-refractivity contribution >= 4 is 50.0 Å². The number of piperidine rings is 1. The van der Waals surface area contributed by atoms with E-state index in [2.05, 4.69) is 27.7 Å². The number of carbonyl (C=O) groups excluding carboxylic acids is 1. The number of benzene rings is 2. The van der Waals surface area contributed by atoms with Gasteiger partial charge in [0.2, 0.25) is 0 Å². The summed E-state index contributed by atoms with van der Waals surface area (Å²) in [6.45, 7) is 1.22. The van der Waals surface area contributed by atoms with E-state index >= 15 is 0 Å². The van der Waals surface area contributed by atoms with E-state index in [9.17, 15) is 13.2 Å². The van der Waals surface area contributed by atoms with Crippen molar-refractivity contribution in [3.63, 3.8) is 0 Å². The number of thiophene rings is 2. The first kappa shape index (κ1) is 29.7. The maximum absolute atomic E-state index is 13.8. The second-order valence-electron chi connectivity index (χ2n) is 11.0. The molecule has 6 aromatic rings. The highest BCUT2D eigenvalue weighted by Gasteiger charge is 2.29. The van der Waals surface area contributed by atoms with E-state index < -0.39 is 9.84 Å². The van der Waals surface area contributed by atoms with Crippen molar-refractivity contribution in [3.05, 3.63) is 107 Å². The molecule has 1 aliphatic heterocycles. The lowest BCUT2D eigenvalue weighted by Crippen LogP contribution is -2.38. The van der Waals surface area contributed by atoms with Gasteiger partial charge in [-0.3, -0.25) is 9.89 Å². The quantitative estimate of drug-likeness (QED) is 0.186. The normalized spacial score (nSPS) is 14.2. The van der Waals surface area contributed by atoms with Gasteiger partial charge in [0.15, 0.2) is 15.5 Å². The van der Waals surface area contributed by atoms with Crippen LogP contribution in [0, 0.1) is 0 Å². The van der Waals surface area contributed by atoms with E-state index in [1.807, 2.05) is 53.4 Å². The highest BCUT2D eigenvalue weighted by molar-refractivity contribution is 7.90. The fourth-order valence-electron chi connectivity index (χ4n) is 5.62. The van der Waals surface area contributed by atoms with Crippen molar-refractivity contribution in [3.8, 4) is 37.3 Å². The van der Waals surface area contributed by atoms with E-state index in [0.29, 0.717) is 29.5 Å². The van der Waals surface area contributed by atoms with Crippen molar-refractivity contribution in [1.82, 2.24) is 24.9 Å². The Kier molecular flexibility index (Phi) is 7.95. The molecule has 4 aromatic heterocycles. The third-order valence-corrected chi connectivity index (χ3v) is 11.5. The molecule has 5 heterocycles. The van der Waals surface area contributed by atoms with Crippen LogP contribution in [0.3, 0.4) is 0 Å². The first-order chi connectivity index (χ1) is 21.7. The third-order valence-electron chi connectivity index (χ3n) is 8.00. The SMILES string of the molecule is CS(=O)(=O)c1cccc(-c2ccc(-c3cc(C(=O)N4CCC(c5cc(-c6cccs6)[nH]n5)CC4)nn3-c3ccccc3Cl)s2)c1. The van der Waals surface area contributed by atoms with Gasteiger partial charge in [0, 0.05) is 30.1 Å². The molecule has 1 N–H and O–H groups in total. The van der Waals surface area contributed by atoms with Crippen LogP contribution in [-0.4, -0.2) is 58.5 Å². The zero-order valence-corrected chi connectivity index (χ0v) is 27.4. The van der Waals surface area contributed by atoms with Gasteiger partial charge in [0.25, 0.3) is 5.91 Å². The highest BCUT2D eigenvalue weighted by atomic mass is 35.5. The minimum Gasteiger partial charge on any atom is -0.337 e. The van der Waals surface area contributed by atoms with Gasteiger partial charge in [-0.25, -0.2) is 13.1 Å². The topological polar surface area (TPSA) is 101 Å². The van der Waals surface area contributed by atoms with Crippen molar-refractivity contribution < 1.29 is 13.2 Å². The monoisotopic (exact) mass is 673 g/mol. The minimum atomic E-state index is -3.34. The lowest BCUT2D eigenvalue weighted by atomic mass is 9.93. The lowest BCUT2D eigenvalue weighted by Gasteiger charge is -2.30. The number of sulfone groups is 1. The highest BCUT2D eigenvalue weighted by Crippen LogP contribution is 2.38. The standard InChI is InChI=1S/C33H28ClN5O3S3/c1-45(41,42)23-7-4-6-22(18-23)30-11-12-32(44-30)29-20-27(37-39(29)28-9-3-2-8-24(28)34)33(40)38-15-13-21(14-16-38)25-19-26(36-35-25)31-10-5-17-43-31/h2-12,17-21H,13-16H2,1H3,(H,35,36). The fourth-order valence-corrected chi connectivity index (χ4v) is 8.20. The number of hydrogen-bond acceptors (Lipinski definition) is 7. The molecule has 0 spiro atoms. The summed E-state index contributed by atoms with van der Waals surface area (Å²) in [6, 6.07) is 26.3. The van der Waals surface area contributed by atoms with Gasteiger partial charge in [-0.1, -0.05) is 41.9 Å². The van der Waals surface area contributed by atoms with Crippen molar-refractivity contribution in [2.75, 3.05) is 19.3 Å². The number of likely N-dealkylation sites (tertiary alicyclic amines) is 1. The van der Waals surface area contributed by atoms with E-state index in [1.165, 1.54) is 17.6 Å².